The van der Waals surface area contributed by atoms with E-state index in [1.165, 1.54) is 19.3 Å². The van der Waals surface area contributed by atoms with Gasteiger partial charge in [-0.2, -0.15) is 0 Å². The molecular formula is C7H15NO. The Morgan fingerprint density at radius 2 is 2.11 bits per heavy atom. The molecule has 0 bridgehead atoms. The summed E-state index contributed by atoms with van der Waals surface area (Å²) in [6.45, 7) is 0.947. The first-order valence-electron chi connectivity index (χ1n) is 3.59. The Morgan fingerprint density at radius 3 is 2.44 bits per heavy atom. The van der Waals surface area contributed by atoms with Crippen LogP contribution in [0.25, 0.3) is 0 Å². The van der Waals surface area contributed by atoms with Crippen molar-refractivity contribution in [3.8, 4) is 0 Å². The SMILES string of the molecule is CN(C)[C@@H]1CCCCO1. The van der Waals surface area contributed by atoms with Gasteiger partial charge < -0.3 is 4.74 Å². The van der Waals surface area contributed by atoms with Crippen molar-refractivity contribution in [1.29, 1.82) is 0 Å². The summed E-state index contributed by atoms with van der Waals surface area (Å²) in [6.07, 6.45) is 4.15. The molecule has 1 fully saturated rings. The van der Waals surface area contributed by atoms with Gasteiger partial charge in [0, 0.05) is 6.61 Å². The molecule has 1 atom stereocenters. The van der Waals surface area contributed by atoms with E-state index in [1.54, 1.807) is 0 Å². The van der Waals surface area contributed by atoms with Crippen LogP contribution in [-0.2, 0) is 4.74 Å². The predicted octanol–water partition coefficient (Wildman–Crippen LogP) is 1.07. The molecule has 54 valence electrons. The molecule has 1 aliphatic rings. The van der Waals surface area contributed by atoms with Crippen molar-refractivity contribution < 1.29 is 4.74 Å². The lowest BCUT2D eigenvalue weighted by Gasteiger charge is -2.27. The van der Waals surface area contributed by atoms with Gasteiger partial charge in [0.15, 0.2) is 0 Å². The minimum atomic E-state index is 0.388. The molecule has 0 aromatic heterocycles. The monoisotopic (exact) mass is 129 g/mol. The Hall–Kier alpha value is -0.0800. The highest BCUT2D eigenvalue weighted by Gasteiger charge is 2.14. The Bertz CT molecular complexity index is 77.0. The summed E-state index contributed by atoms with van der Waals surface area (Å²) in [5.41, 5.74) is 0. The molecule has 0 amide bonds. The highest BCUT2D eigenvalue weighted by atomic mass is 16.5. The van der Waals surface area contributed by atoms with E-state index in [4.69, 9.17) is 4.74 Å². The average Bonchev–Trinajstić information content (AvgIpc) is 1.90. The van der Waals surface area contributed by atoms with E-state index >= 15 is 0 Å². The van der Waals surface area contributed by atoms with E-state index < -0.39 is 0 Å². The van der Waals surface area contributed by atoms with Crippen LogP contribution in [0.5, 0.6) is 0 Å². The second-order valence-corrected chi connectivity index (χ2v) is 2.78. The molecule has 0 N–H and O–H groups in total. The summed E-state index contributed by atoms with van der Waals surface area (Å²) < 4.78 is 5.47. The Kier molecular flexibility index (Phi) is 2.49. The molecule has 0 saturated carbocycles. The summed E-state index contributed by atoms with van der Waals surface area (Å²) in [4.78, 5) is 2.14. The molecule has 0 aromatic carbocycles. The first-order chi connectivity index (χ1) is 4.30. The molecule has 1 saturated heterocycles. The highest BCUT2D eigenvalue weighted by molar-refractivity contribution is 4.59. The molecule has 0 spiro atoms. The van der Waals surface area contributed by atoms with Crippen LogP contribution in [0.1, 0.15) is 19.3 Å². The van der Waals surface area contributed by atoms with Gasteiger partial charge >= 0.3 is 0 Å². The quantitative estimate of drug-likeness (QED) is 0.525. The topological polar surface area (TPSA) is 12.5 Å². The van der Waals surface area contributed by atoms with Gasteiger partial charge in [-0.1, -0.05) is 0 Å². The maximum absolute atomic E-state index is 5.47. The first kappa shape index (κ1) is 7.03. The van der Waals surface area contributed by atoms with Crippen LogP contribution in [0.2, 0.25) is 0 Å². The Morgan fingerprint density at radius 1 is 1.33 bits per heavy atom. The summed E-state index contributed by atoms with van der Waals surface area (Å²) in [5, 5.41) is 0. The molecule has 2 heteroatoms. The third-order valence-corrected chi connectivity index (χ3v) is 1.73. The van der Waals surface area contributed by atoms with Gasteiger partial charge in [-0.25, -0.2) is 0 Å². The summed E-state index contributed by atoms with van der Waals surface area (Å²) in [6, 6.07) is 0. The van der Waals surface area contributed by atoms with E-state index in [1.807, 2.05) is 0 Å². The average molecular weight is 129 g/mol. The van der Waals surface area contributed by atoms with Gasteiger partial charge in [0.1, 0.15) is 6.23 Å². The van der Waals surface area contributed by atoms with Crippen molar-refractivity contribution in [2.45, 2.75) is 25.5 Å². The van der Waals surface area contributed by atoms with Gasteiger partial charge in [-0.3, -0.25) is 4.90 Å². The first-order valence-corrected chi connectivity index (χ1v) is 3.59. The van der Waals surface area contributed by atoms with E-state index in [2.05, 4.69) is 19.0 Å². The fraction of sp³-hybridized carbons (Fsp3) is 1.00. The second-order valence-electron chi connectivity index (χ2n) is 2.78. The zero-order valence-electron chi connectivity index (χ0n) is 6.26. The smallest absolute Gasteiger partial charge is 0.110 e. The number of nitrogens with zero attached hydrogens (tertiary/aromatic N) is 1. The van der Waals surface area contributed by atoms with E-state index in [0.29, 0.717) is 6.23 Å². The lowest BCUT2D eigenvalue weighted by atomic mass is 10.2. The molecule has 1 rings (SSSR count). The maximum atomic E-state index is 5.47. The van der Waals surface area contributed by atoms with E-state index in [9.17, 15) is 0 Å². The van der Waals surface area contributed by atoms with Gasteiger partial charge in [-0.05, 0) is 33.4 Å². The Balaban J connectivity index is 2.23. The minimum absolute atomic E-state index is 0.388. The molecule has 1 heterocycles. The second kappa shape index (κ2) is 3.18. The Labute approximate surface area is 56.8 Å². The van der Waals surface area contributed by atoms with E-state index in [0.717, 1.165) is 6.61 Å². The maximum Gasteiger partial charge on any atom is 0.110 e. The molecule has 0 aromatic rings. The van der Waals surface area contributed by atoms with Crippen LogP contribution in [0.15, 0.2) is 0 Å². The molecule has 1 aliphatic heterocycles. The van der Waals surface area contributed by atoms with Crippen LogP contribution >= 0.6 is 0 Å². The molecule has 2 nitrogen and oxygen atoms in total. The minimum Gasteiger partial charge on any atom is -0.363 e. The van der Waals surface area contributed by atoms with Crippen molar-refractivity contribution in [1.82, 2.24) is 4.90 Å². The molecule has 9 heavy (non-hydrogen) atoms. The fourth-order valence-corrected chi connectivity index (χ4v) is 1.13. The van der Waals surface area contributed by atoms with Gasteiger partial charge in [0.25, 0.3) is 0 Å². The largest absolute Gasteiger partial charge is 0.363 e. The standard InChI is InChI=1S/C7H15NO/c1-8(2)7-5-3-4-6-9-7/h7H,3-6H2,1-2H3/t7-/m0/s1. The zero-order valence-corrected chi connectivity index (χ0v) is 6.26. The van der Waals surface area contributed by atoms with Gasteiger partial charge in [-0.15, -0.1) is 0 Å². The lowest BCUT2D eigenvalue weighted by Crippen LogP contribution is -2.33. The van der Waals surface area contributed by atoms with Crippen LogP contribution in [0.3, 0.4) is 0 Å². The van der Waals surface area contributed by atoms with Crippen molar-refractivity contribution >= 4 is 0 Å². The molecule has 0 aliphatic carbocycles. The third kappa shape index (κ3) is 1.95. The molecular weight excluding hydrogens is 114 g/mol. The molecule has 0 radical (unpaired) electrons. The molecule has 0 unspecified atom stereocenters. The van der Waals surface area contributed by atoms with Crippen LogP contribution in [0, 0.1) is 0 Å². The third-order valence-electron chi connectivity index (χ3n) is 1.73. The number of ether oxygens (including phenoxy) is 1. The van der Waals surface area contributed by atoms with E-state index in [-0.39, 0.29) is 0 Å². The number of hydrogen-bond acceptors (Lipinski definition) is 2. The number of hydrogen-bond donors (Lipinski definition) is 0. The highest BCUT2D eigenvalue weighted by Crippen LogP contribution is 2.13. The van der Waals surface area contributed by atoms with Gasteiger partial charge in [0.2, 0.25) is 0 Å². The predicted molar refractivity (Wildman–Crippen MR) is 37.3 cm³/mol. The normalized spacial score (nSPS) is 29.0. The van der Waals surface area contributed by atoms with Crippen LogP contribution in [-0.4, -0.2) is 31.8 Å². The lowest BCUT2D eigenvalue weighted by molar-refractivity contribution is -0.0645. The van der Waals surface area contributed by atoms with Crippen molar-refractivity contribution in [3.63, 3.8) is 0 Å². The summed E-state index contributed by atoms with van der Waals surface area (Å²) in [5.74, 6) is 0. The zero-order chi connectivity index (χ0) is 6.69. The summed E-state index contributed by atoms with van der Waals surface area (Å²) in [7, 11) is 4.13. The van der Waals surface area contributed by atoms with Gasteiger partial charge in [0.05, 0.1) is 0 Å². The van der Waals surface area contributed by atoms with Crippen LogP contribution in [0.4, 0.5) is 0 Å². The van der Waals surface area contributed by atoms with Crippen molar-refractivity contribution in [2.75, 3.05) is 20.7 Å². The summed E-state index contributed by atoms with van der Waals surface area (Å²) >= 11 is 0. The van der Waals surface area contributed by atoms with Crippen LogP contribution < -0.4 is 0 Å². The van der Waals surface area contributed by atoms with Crippen molar-refractivity contribution in [2.24, 2.45) is 0 Å². The number of rotatable bonds is 1. The van der Waals surface area contributed by atoms with Crippen molar-refractivity contribution in [3.05, 3.63) is 0 Å². The fourth-order valence-electron chi connectivity index (χ4n) is 1.13.